The van der Waals surface area contributed by atoms with Crippen molar-refractivity contribution in [3.05, 3.63) is 30.1 Å². The first kappa shape index (κ1) is 12.8. The maximum absolute atomic E-state index is 13.8. The molecule has 1 N–H and O–H groups in total. The Morgan fingerprint density at radius 3 is 2.78 bits per heavy atom. The van der Waals surface area contributed by atoms with Gasteiger partial charge in [-0.3, -0.25) is 4.79 Å². The molecule has 4 nitrogen and oxygen atoms in total. The van der Waals surface area contributed by atoms with Crippen LogP contribution in [0.1, 0.15) is 6.42 Å². The third kappa shape index (κ3) is 2.31. The number of likely N-dealkylation sites (N-methyl/N-ethyl adjacent to an activating group) is 1. The van der Waals surface area contributed by atoms with Gasteiger partial charge in [0.05, 0.1) is 5.69 Å². The lowest BCUT2D eigenvalue weighted by molar-refractivity contribution is -0.133. The molecule has 1 unspecified atom stereocenters. The largest absolute Gasteiger partial charge is 0.396 e. The average molecular weight is 252 g/mol. The second-order valence-electron chi connectivity index (χ2n) is 4.43. The van der Waals surface area contributed by atoms with Gasteiger partial charge in [-0.25, -0.2) is 4.39 Å². The zero-order valence-electron chi connectivity index (χ0n) is 10.3. The molecule has 1 atom stereocenters. The smallest absolute Gasteiger partial charge is 0.245 e. The van der Waals surface area contributed by atoms with E-state index >= 15 is 0 Å². The highest BCUT2D eigenvalue weighted by atomic mass is 19.1. The third-order valence-corrected chi connectivity index (χ3v) is 3.28. The molecule has 1 aromatic rings. The lowest BCUT2D eigenvalue weighted by atomic mass is 10.1. The van der Waals surface area contributed by atoms with Crippen molar-refractivity contribution in [1.82, 2.24) is 4.90 Å². The SMILES string of the molecule is CN1CCN(c2ccccc2F)C(CCO)C1=O. The van der Waals surface area contributed by atoms with Gasteiger partial charge in [-0.15, -0.1) is 0 Å². The lowest BCUT2D eigenvalue weighted by Crippen LogP contribution is -2.56. The Morgan fingerprint density at radius 2 is 2.11 bits per heavy atom. The quantitative estimate of drug-likeness (QED) is 0.867. The van der Waals surface area contributed by atoms with Gasteiger partial charge in [0.2, 0.25) is 5.91 Å². The van der Waals surface area contributed by atoms with E-state index in [9.17, 15) is 9.18 Å². The molecule has 1 aliphatic heterocycles. The Morgan fingerprint density at radius 1 is 1.39 bits per heavy atom. The fraction of sp³-hybridized carbons (Fsp3) is 0.462. The van der Waals surface area contributed by atoms with E-state index in [-0.39, 0.29) is 18.3 Å². The second-order valence-corrected chi connectivity index (χ2v) is 4.43. The molecule has 0 aromatic heterocycles. The molecule has 0 aliphatic carbocycles. The molecule has 2 rings (SSSR count). The molecule has 98 valence electrons. The van der Waals surface area contributed by atoms with Crippen LogP contribution in [0.25, 0.3) is 0 Å². The third-order valence-electron chi connectivity index (χ3n) is 3.28. The van der Waals surface area contributed by atoms with Gasteiger partial charge in [0.25, 0.3) is 0 Å². The minimum Gasteiger partial charge on any atom is -0.396 e. The summed E-state index contributed by atoms with van der Waals surface area (Å²) in [5.41, 5.74) is 0.428. The van der Waals surface area contributed by atoms with Crippen molar-refractivity contribution in [3.63, 3.8) is 0 Å². The number of nitrogens with zero attached hydrogens (tertiary/aromatic N) is 2. The van der Waals surface area contributed by atoms with Crippen LogP contribution in [-0.4, -0.2) is 48.7 Å². The van der Waals surface area contributed by atoms with Gasteiger partial charge in [-0.1, -0.05) is 12.1 Å². The number of carbonyl (C=O) groups excluding carboxylic acids is 1. The Balaban J connectivity index is 2.30. The number of halogens is 1. The van der Waals surface area contributed by atoms with E-state index < -0.39 is 6.04 Å². The van der Waals surface area contributed by atoms with E-state index in [0.29, 0.717) is 25.2 Å². The second kappa shape index (κ2) is 5.35. The number of rotatable bonds is 3. The Labute approximate surface area is 106 Å². The Bertz CT molecular complexity index is 439. The Hall–Kier alpha value is -1.62. The van der Waals surface area contributed by atoms with Crippen LogP contribution in [0.3, 0.4) is 0 Å². The standard InChI is InChI=1S/C13H17FN2O2/c1-15-7-8-16(12(6-9-17)13(15)18)11-5-3-2-4-10(11)14/h2-5,12,17H,6-9H2,1H3. The number of anilines is 1. The van der Waals surface area contributed by atoms with E-state index in [1.54, 1.807) is 35.0 Å². The minimum atomic E-state index is -0.481. The van der Waals surface area contributed by atoms with Crippen LogP contribution in [0, 0.1) is 5.82 Å². The molecular formula is C13H17FN2O2. The maximum Gasteiger partial charge on any atom is 0.245 e. The highest BCUT2D eigenvalue weighted by Crippen LogP contribution is 2.25. The first-order valence-electron chi connectivity index (χ1n) is 6.02. The number of hydrogen-bond donors (Lipinski definition) is 1. The zero-order valence-corrected chi connectivity index (χ0v) is 10.3. The normalized spacial score (nSPS) is 20.4. The number of aliphatic hydroxyl groups excluding tert-OH is 1. The number of amides is 1. The summed E-state index contributed by atoms with van der Waals surface area (Å²) in [5, 5.41) is 9.07. The molecule has 1 aromatic carbocycles. The number of hydrogen-bond acceptors (Lipinski definition) is 3. The molecule has 1 heterocycles. The van der Waals surface area contributed by atoms with E-state index in [2.05, 4.69) is 0 Å². The highest BCUT2D eigenvalue weighted by Gasteiger charge is 2.33. The predicted octanol–water partition coefficient (Wildman–Crippen LogP) is 0.855. The first-order valence-corrected chi connectivity index (χ1v) is 6.02. The molecule has 1 aliphatic rings. The molecule has 0 bridgehead atoms. The maximum atomic E-state index is 13.8. The van der Waals surface area contributed by atoms with Gasteiger partial charge in [0.1, 0.15) is 11.9 Å². The van der Waals surface area contributed by atoms with Crippen molar-refractivity contribution in [2.45, 2.75) is 12.5 Å². The average Bonchev–Trinajstić information content (AvgIpc) is 2.37. The van der Waals surface area contributed by atoms with Crippen LogP contribution >= 0.6 is 0 Å². The molecule has 18 heavy (non-hydrogen) atoms. The number of carbonyl (C=O) groups is 1. The summed E-state index contributed by atoms with van der Waals surface area (Å²) in [7, 11) is 1.73. The van der Waals surface area contributed by atoms with Gasteiger partial charge < -0.3 is 14.9 Å². The molecule has 0 saturated carbocycles. The summed E-state index contributed by atoms with van der Waals surface area (Å²) < 4.78 is 13.8. The van der Waals surface area contributed by atoms with Crippen molar-refractivity contribution >= 4 is 11.6 Å². The molecule has 0 spiro atoms. The fourth-order valence-corrected chi connectivity index (χ4v) is 2.29. The summed E-state index contributed by atoms with van der Waals surface area (Å²) in [6.45, 7) is 1.05. The number of piperazine rings is 1. The van der Waals surface area contributed by atoms with Gasteiger partial charge in [-0.2, -0.15) is 0 Å². The van der Waals surface area contributed by atoms with Gasteiger partial charge in [0.15, 0.2) is 0 Å². The zero-order chi connectivity index (χ0) is 13.1. The number of benzene rings is 1. The predicted molar refractivity (Wildman–Crippen MR) is 66.9 cm³/mol. The van der Waals surface area contributed by atoms with E-state index in [1.807, 2.05) is 0 Å². The molecule has 5 heteroatoms. The first-order chi connectivity index (χ1) is 8.65. The monoisotopic (exact) mass is 252 g/mol. The number of aliphatic hydroxyl groups is 1. The van der Waals surface area contributed by atoms with Crippen LogP contribution in [-0.2, 0) is 4.79 Å². The molecule has 1 amide bonds. The van der Waals surface area contributed by atoms with Gasteiger partial charge in [-0.05, 0) is 18.6 Å². The van der Waals surface area contributed by atoms with Crippen LogP contribution in [0.15, 0.2) is 24.3 Å². The van der Waals surface area contributed by atoms with Crippen molar-refractivity contribution < 1.29 is 14.3 Å². The fourth-order valence-electron chi connectivity index (χ4n) is 2.29. The molecule has 0 radical (unpaired) electrons. The Kier molecular flexibility index (Phi) is 3.81. The highest BCUT2D eigenvalue weighted by molar-refractivity contribution is 5.86. The summed E-state index contributed by atoms with van der Waals surface area (Å²) in [5.74, 6) is -0.406. The van der Waals surface area contributed by atoms with E-state index in [0.717, 1.165) is 0 Å². The van der Waals surface area contributed by atoms with E-state index in [1.165, 1.54) is 6.07 Å². The molecule has 1 fully saturated rings. The minimum absolute atomic E-state index is 0.0708. The molecule has 1 saturated heterocycles. The lowest BCUT2D eigenvalue weighted by Gasteiger charge is -2.40. The van der Waals surface area contributed by atoms with Gasteiger partial charge >= 0.3 is 0 Å². The van der Waals surface area contributed by atoms with Crippen LogP contribution in [0.4, 0.5) is 10.1 Å². The summed E-state index contributed by atoms with van der Waals surface area (Å²) in [6, 6.07) is 5.94. The topological polar surface area (TPSA) is 43.8 Å². The van der Waals surface area contributed by atoms with Crippen LogP contribution in [0.5, 0.6) is 0 Å². The van der Waals surface area contributed by atoms with Crippen molar-refractivity contribution in [2.24, 2.45) is 0 Å². The summed E-state index contributed by atoms with van der Waals surface area (Å²) >= 11 is 0. The summed E-state index contributed by atoms with van der Waals surface area (Å²) in [6.07, 6.45) is 0.317. The van der Waals surface area contributed by atoms with E-state index in [4.69, 9.17) is 5.11 Å². The van der Waals surface area contributed by atoms with Crippen LogP contribution in [0.2, 0.25) is 0 Å². The van der Waals surface area contributed by atoms with Crippen molar-refractivity contribution in [3.8, 4) is 0 Å². The number of para-hydroxylation sites is 1. The molecular weight excluding hydrogens is 235 g/mol. The van der Waals surface area contributed by atoms with Gasteiger partial charge in [0, 0.05) is 26.7 Å². The van der Waals surface area contributed by atoms with Crippen molar-refractivity contribution in [1.29, 1.82) is 0 Å². The van der Waals surface area contributed by atoms with Crippen molar-refractivity contribution in [2.75, 3.05) is 31.6 Å². The summed E-state index contributed by atoms with van der Waals surface area (Å²) in [4.78, 5) is 15.4. The van der Waals surface area contributed by atoms with Crippen LogP contribution < -0.4 is 4.90 Å².